The third-order valence-electron chi connectivity index (χ3n) is 3.78. The van der Waals surface area contributed by atoms with Gasteiger partial charge in [-0.3, -0.25) is 9.00 Å². The summed E-state index contributed by atoms with van der Waals surface area (Å²) in [5, 5.41) is 2.85. The van der Waals surface area contributed by atoms with Gasteiger partial charge in [-0.05, 0) is 48.2 Å². The van der Waals surface area contributed by atoms with E-state index in [0.29, 0.717) is 11.5 Å². The van der Waals surface area contributed by atoms with Gasteiger partial charge in [0.2, 0.25) is 0 Å². The predicted octanol–water partition coefficient (Wildman–Crippen LogP) is 3.45. The fourth-order valence-electron chi connectivity index (χ4n) is 2.35. The quantitative estimate of drug-likeness (QED) is 0.836. The largest absolute Gasteiger partial charge is 0.484 e. The summed E-state index contributed by atoms with van der Waals surface area (Å²) in [5.74, 6) is 0.942. The van der Waals surface area contributed by atoms with Crippen molar-refractivity contribution in [3.8, 4) is 5.75 Å². The SMILES string of the molecule is CCc1ccc(OCC(=O)Nc2cccc(C[S@@](C)=O)c2C)cc1. The monoisotopic (exact) mass is 345 g/mol. The molecule has 1 amide bonds. The highest BCUT2D eigenvalue weighted by Gasteiger charge is 2.09. The minimum absolute atomic E-state index is 0.0468. The lowest BCUT2D eigenvalue weighted by atomic mass is 10.1. The van der Waals surface area contributed by atoms with Crippen LogP contribution in [0.1, 0.15) is 23.6 Å². The molecule has 1 N–H and O–H groups in total. The first-order valence-corrected chi connectivity index (χ1v) is 9.62. The molecule has 0 fully saturated rings. The van der Waals surface area contributed by atoms with Gasteiger partial charge in [0.05, 0.1) is 0 Å². The molecule has 0 bridgehead atoms. The number of carbonyl (C=O) groups is 1. The molecule has 0 saturated carbocycles. The zero-order valence-electron chi connectivity index (χ0n) is 14.3. The Hall–Kier alpha value is -2.14. The summed E-state index contributed by atoms with van der Waals surface area (Å²) in [4.78, 5) is 12.1. The van der Waals surface area contributed by atoms with Gasteiger partial charge in [-0.2, -0.15) is 0 Å². The average Bonchev–Trinajstić information content (AvgIpc) is 2.56. The lowest BCUT2D eigenvalue weighted by Crippen LogP contribution is -2.21. The van der Waals surface area contributed by atoms with Gasteiger partial charge in [0.1, 0.15) is 5.75 Å². The molecule has 0 heterocycles. The molecule has 2 aromatic rings. The Kier molecular flexibility index (Phi) is 6.55. The van der Waals surface area contributed by atoms with Gasteiger partial charge >= 0.3 is 0 Å². The van der Waals surface area contributed by atoms with Crippen molar-refractivity contribution in [2.24, 2.45) is 0 Å². The first-order chi connectivity index (χ1) is 11.5. The summed E-state index contributed by atoms with van der Waals surface area (Å²) in [5.41, 5.74) is 3.87. The van der Waals surface area contributed by atoms with Crippen LogP contribution in [0.2, 0.25) is 0 Å². The molecule has 0 radical (unpaired) electrons. The molecule has 0 saturated heterocycles. The second kappa shape index (κ2) is 8.64. The average molecular weight is 345 g/mol. The molecule has 128 valence electrons. The van der Waals surface area contributed by atoms with Gasteiger partial charge in [0.15, 0.2) is 6.61 Å². The van der Waals surface area contributed by atoms with E-state index >= 15 is 0 Å². The maximum Gasteiger partial charge on any atom is 0.262 e. The summed E-state index contributed by atoms with van der Waals surface area (Å²) in [6.07, 6.45) is 2.64. The van der Waals surface area contributed by atoms with Gasteiger partial charge in [0.25, 0.3) is 5.91 Å². The molecule has 0 aromatic heterocycles. The Morgan fingerprint density at radius 1 is 1.17 bits per heavy atom. The Balaban J connectivity index is 1.95. The van der Waals surface area contributed by atoms with Gasteiger partial charge in [-0.15, -0.1) is 0 Å². The van der Waals surface area contributed by atoms with E-state index in [4.69, 9.17) is 4.74 Å². The second-order valence-corrected chi connectivity index (χ2v) is 7.08. The van der Waals surface area contributed by atoms with E-state index < -0.39 is 10.8 Å². The molecule has 2 aromatic carbocycles. The Morgan fingerprint density at radius 2 is 1.88 bits per heavy atom. The maximum atomic E-state index is 12.1. The van der Waals surface area contributed by atoms with E-state index in [0.717, 1.165) is 23.2 Å². The van der Waals surface area contributed by atoms with Crippen LogP contribution < -0.4 is 10.1 Å². The molecule has 1 atom stereocenters. The standard InChI is InChI=1S/C19H23NO3S/c1-4-15-8-10-17(11-9-15)23-12-19(21)20-18-7-5-6-16(14(18)2)13-24(3)22/h5-11H,4,12-13H2,1-3H3,(H,20,21)/t24-/m1/s1. The number of benzene rings is 2. The van der Waals surface area contributed by atoms with Crippen molar-refractivity contribution in [3.63, 3.8) is 0 Å². The Bertz CT molecular complexity index is 726. The Morgan fingerprint density at radius 3 is 2.50 bits per heavy atom. The maximum absolute atomic E-state index is 12.1. The van der Waals surface area contributed by atoms with Gasteiger partial charge in [-0.25, -0.2) is 0 Å². The molecule has 0 spiro atoms. The summed E-state index contributed by atoms with van der Waals surface area (Å²) >= 11 is 0. The van der Waals surface area contributed by atoms with Crippen molar-refractivity contribution < 1.29 is 13.7 Å². The molecule has 0 unspecified atom stereocenters. The van der Waals surface area contributed by atoms with Crippen molar-refractivity contribution in [3.05, 3.63) is 59.2 Å². The number of rotatable bonds is 7. The minimum Gasteiger partial charge on any atom is -0.484 e. The normalized spacial score (nSPS) is 11.8. The van der Waals surface area contributed by atoms with Crippen molar-refractivity contribution in [1.82, 2.24) is 0 Å². The van der Waals surface area contributed by atoms with Crippen LogP contribution in [0.5, 0.6) is 5.75 Å². The summed E-state index contributed by atoms with van der Waals surface area (Å²) in [6, 6.07) is 13.3. The van der Waals surface area contributed by atoms with E-state index in [1.54, 1.807) is 6.26 Å². The third kappa shape index (κ3) is 5.20. The molecule has 0 aliphatic heterocycles. The van der Waals surface area contributed by atoms with Gasteiger partial charge in [-0.1, -0.05) is 31.2 Å². The molecule has 4 nitrogen and oxygen atoms in total. The topological polar surface area (TPSA) is 55.4 Å². The van der Waals surface area contributed by atoms with Gasteiger partial charge in [0, 0.05) is 28.5 Å². The van der Waals surface area contributed by atoms with Crippen LogP contribution in [0.3, 0.4) is 0 Å². The molecular formula is C19H23NO3S. The number of nitrogens with one attached hydrogen (secondary N) is 1. The number of amides is 1. The molecule has 0 aliphatic carbocycles. The smallest absolute Gasteiger partial charge is 0.262 e. The summed E-state index contributed by atoms with van der Waals surface area (Å²) in [7, 11) is -0.916. The van der Waals surface area contributed by atoms with Crippen LogP contribution in [0.4, 0.5) is 5.69 Å². The van der Waals surface area contributed by atoms with Crippen LogP contribution in [0, 0.1) is 6.92 Å². The molecule has 24 heavy (non-hydrogen) atoms. The predicted molar refractivity (Wildman–Crippen MR) is 98.9 cm³/mol. The van der Waals surface area contributed by atoms with E-state index in [2.05, 4.69) is 12.2 Å². The van der Waals surface area contributed by atoms with Crippen molar-refractivity contribution in [2.75, 3.05) is 18.2 Å². The number of anilines is 1. The molecule has 5 heteroatoms. The van der Waals surface area contributed by atoms with Crippen LogP contribution in [0.25, 0.3) is 0 Å². The van der Waals surface area contributed by atoms with E-state index in [-0.39, 0.29) is 12.5 Å². The highest BCUT2D eigenvalue weighted by molar-refractivity contribution is 7.83. The zero-order chi connectivity index (χ0) is 17.5. The Labute approximate surface area is 145 Å². The fraction of sp³-hybridized carbons (Fsp3) is 0.316. The number of carbonyl (C=O) groups excluding carboxylic acids is 1. The second-order valence-electron chi connectivity index (χ2n) is 5.64. The van der Waals surface area contributed by atoms with E-state index in [1.165, 1.54) is 5.56 Å². The first kappa shape index (κ1) is 18.2. The van der Waals surface area contributed by atoms with Crippen LogP contribution in [-0.2, 0) is 27.8 Å². The summed E-state index contributed by atoms with van der Waals surface area (Å²) < 4.78 is 16.9. The lowest BCUT2D eigenvalue weighted by molar-refractivity contribution is -0.118. The van der Waals surface area contributed by atoms with Crippen molar-refractivity contribution in [2.45, 2.75) is 26.0 Å². The third-order valence-corrected chi connectivity index (χ3v) is 4.50. The van der Waals surface area contributed by atoms with Crippen molar-refractivity contribution >= 4 is 22.4 Å². The summed E-state index contributed by atoms with van der Waals surface area (Å²) in [6.45, 7) is 3.96. The lowest BCUT2D eigenvalue weighted by Gasteiger charge is -2.12. The van der Waals surface area contributed by atoms with Crippen LogP contribution >= 0.6 is 0 Å². The van der Waals surface area contributed by atoms with E-state index in [9.17, 15) is 9.00 Å². The minimum atomic E-state index is -0.916. The first-order valence-electron chi connectivity index (χ1n) is 7.89. The van der Waals surface area contributed by atoms with E-state index in [1.807, 2.05) is 49.4 Å². The molecular weight excluding hydrogens is 322 g/mol. The number of aryl methyl sites for hydroxylation is 1. The van der Waals surface area contributed by atoms with Crippen LogP contribution in [0.15, 0.2) is 42.5 Å². The zero-order valence-corrected chi connectivity index (χ0v) is 15.1. The van der Waals surface area contributed by atoms with Gasteiger partial charge < -0.3 is 10.1 Å². The highest BCUT2D eigenvalue weighted by Crippen LogP contribution is 2.20. The number of ether oxygens (including phenoxy) is 1. The van der Waals surface area contributed by atoms with Crippen molar-refractivity contribution in [1.29, 1.82) is 0 Å². The fourth-order valence-corrected chi connectivity index (χ4v) is 3.10. The number of hydrogen-bond acceptors (Lipinski definition) is 3. The highest BCUT2D eigenvalue weighted by atomic mass is 32.2. The molecule has 2 rings (SSSR count). The molecule has 0 aliphatic rings. The van der Waals surface area contributed by atoms with Crippen LogP contribution in [-0.4, -0.2) is 23.0 Å². The number of hydrogen-bond donors (Lipinski definition) is 1.